The smallest absolute Gasteiger partial charge is 0.337 e. The largest absolute Gasteiger partial charge is 0.465 e. The van der Waals surface area contributed by atoms with Crippen LogP contribution in [0, 0.1) is 5.92 Å². The molecule has 0 amide bonds. The second-order valence-electron chi connectivity index (χ2n) is 4.70. The predicted octanol–water partition coefficient (Wildman–Crippen LogP) is 2.54. The molecule has 0 saturated carbocycles. The van der Waals surface area contributed by atoms with Crippen LogP contribution in [-0.2, 0) is 4.74 Å². The van der Waals surface area contributed by atoms with Crippen molar-refractivity contribution < 1.29 is 9.53 Å². The van der Waals surface area contributed by atoms with Crippen LogP contribution in [-0.4, -0.2) is 26.2 Å². The van der Waals surface area contributed by atoms with E-state index in [4.69, 9.17) is 5.73 Å². The molecule has 4 heteroatoms. The van der Waals surface area contributed by atoms with Gasteiger partial charge in [-0.3, -0.25) is 0 Å². The molecule has 0 aliphatic heterocycles. The molecule has 18 heavy (non-hydrogen) atoms. The Morgan fingerprint density at radius 1 is 1.44 bits per heavy atom. The standard InChI is InChI=1S/C14H22N2O2/c1-5-16(9-10(2)3)13-7-6-11(8-12(13)15)14(17)18-4/h6-8,10H,5,9,15H2,1-4H3. The Hall–Kier alpha value is -1.71. The second kappa shape index (κ2) is 6.28. The lowest BCUT2D eigenvalue weighted by atomic mass is 10.1. The monoisotopic (exact) mass is 250 g/mol. The van der Waals surface area contributed by atoms with Crippen molar-refractivity contribution in [3.05, 3.63) is 23.8 Å². The van der Waals surface area contributed by atoms with Gasteiger partial charge in [0.15, 0.2) is 0 Å². The average molecular weight is 250 g/mol. The van der Waals surface area contributed by atoms with Gasteiger partial charge in [0.2, 0.25) is 0 Å². The van der Waals surface area contributed by atoms with Crippen molar-refractivity contribution in [3.63, 3.8) is 0 Å². The van der Waals surface area contributed by atoms with Crippen molar-refractivity contribution in [2.45, 2.75) is 20.8 Å². The van der Waals surface area contributed by atoms with Gasteiger partial charge in [0.1, 0.15) is 0 Å². The van der Waals surface area contributed by atoms with Crippen molar-refractivity contribution in [3.8, 4) is 0 Å². The van der Waals surface area contributed by atoms with Crippen LogP contribution in [0.1, 0.15) is 31.1 Å². The van der Waals surface area contributed by atoms with Gasteiger partial charge in [-0.2, -0.15) is 0 Å². The number of carbonyl (C=O) groups excluding carboxylic acids is 1. The first-order chi connectivity index (χ1) is 8.49. The molecule has 1 aromatic carbocycles. The number of carbonyl (C=O) groups is 1. The highest BCUT2D eigenvalue weighted by atomic mass is 16.5. The van der Waals surface area contributed by atoms with Crippen LogP contribution >= 0.6 is 0 Å². The summed E-state index contributed by atoms with van der Waals surface area (Å²) in [6.07, 6.45) is 0. The Bertz CT molecular complexity index is 416. The highest BCUT2D eigenvalue weighted by Crippen LogP contribution is 2.25. The van der Waals surface area contributed by atoms with Crippen LogP contribution in [0.4, 0.5) is 11.4 Å². The minimum atomic E-state index is -0.361. The minimum absolute atomic E-state index is 0.361. The quantitative estimate of drug-likeness (QED) is 0.644. The van der Waals surface area contributed by atoms with Crippen LogP contribution in [0.3, 0.4) is 0 Å². The highest BCUT2D eigenvalue weighted by Gasteiger charge is 2.12. The summed E-state index contributed by atoms with van der Waals surface area (Å²) in [5, 5.41) is 0. The van der Waals surface area contributed by atoms with Crippen LogP contribution < -0.4 is 10.6 Å². The lowest BCUT2D eigenvalue weighted by molar-refractivity contribution is 0.0601. The number of methoxy groups -OCH3 is 1. The molecule has 0 heterocycles. The fraction of sp³-hybridized carbons (Fsp3) is 0.500. The van der Waals surface area contributed by atoms with Crippen molar-refractivity contribution >= 4 is 17.3 Å². The van der Waals surface area contributed by atoms with E-state index >= 15 is 0 Å². The molecule has 1 aromatic rings. The number of nitrogens with zero attached hydrogens (tertiary/aromatic N) is 1. The first-order valence-electron chi connectivity index (χ1n) is 6.22. The van der Waals surface area contributed by atoms with E-state index in [0.29, 0.717) is 17.2 Å². The molecule has 100 valence electrons. The molecule has 0 aromatic heterocycles. The number of hydrogen-bond donors (Lipinski definition) is 1. The van der Waals surface area contributed by atoms with E-state index < -0.39 is 0 Å². The molecule has 0 fully saturated rings. The minimum Gasteiger partial charge on any atom is -0.465 e. The molecule has 0 aliphatic carbocycles. The Morgan fingerprint density at radius 3 is 2.56 bits per heavy atom. The summed E-state index contributed by atoms with van der Waals surface area (Å²) < 4.78 is 4.67. The van der Waals surface area contributed by atoms with Gasteiger partial charge >= 0.3 is 5.97 Å². The van der Waals surface area contributed by atoms with Crippen LogP contribution in [0.15, 0.2) is 18.2 Å². The number of ether oxygens (including phenoxy) is 1. The predicted molar refractivity (Wildman–Crippen MR) is 74.9 cm³/mol. The fourth-order valence-corrected chi connectivity index (χ4v) is 1.93. The lowest BCUT2D eigenvalue weighted by Crippen LogP contribution is -2.28. The maximum absolute atomic E-state index is 11.4. The van der Waals surface area contributed by atoms with Crippen LogP contribution in [0.2, 0.25) is 0 Å². The zero-order valence-electron chi connectivity index (χ0n) is 11.6. The third-order valence-electron chi connectivity index (χ3n) is 2.76. The molecular weight excluding hydrogens is 228 g/mol. The highest BCUT2D eigenvalue weighted by molar-refractivity contribution is 5.91. The number of anilines is 2. The molecule has 0 radical (unpaired) electrons. The molecule has 0 spiro atoms. The van der Waals surface area contributed by atoms with E-state index in [2.05, 4.69) is 30.4 Å². The summed E-state index contributed by atoms with van der Waals surface area (Å²) >= 11 is 0. The van der Waals surface area contributed by atoms with Gasteiger partial charge in [-0.25, -0.2) is 4.79 Å². The van der Waals surface area contributed by atoms with Gasteiger partial charge in [-0.05, 0) is 31.0 Å². The topological polar surface area (TPSA) is 55.6 Å². The van der Waals surface area contributed by atoms with E-state index in [1.807, 2.05) is 6.07 Å². The summed E-state index contributed by atoms with van der Waals surface area (Å²) in [4.78, 5) is 13.6. The molecule has 4 nitrogen and oxygen atoms in total. The van der Waals surface area contributed by atoms with Crippen LogP contribution in [0.25, 0.3) is 0 Å². The maximum atomic E-state index is 11.4. The van der Waals surface area contributed by atoms with Gasteiger partial charge in [-0.15, -0.1) is 0 Å². The summed E-state index contributed by atoms with van der Waals surface area (Å²) in [5.74, 6) is 0.199. The van der Waals surface area contributed by atoms with Gasteiger partial charge in [0.05, 0.1) is 24.0 Å². The molecular formula is C14H22N2O2. The summed E-state index contributed by atoms with van der Waals surface area (Å²) in [7, 11) is 1.36. The molecule has 0 bridgehead atoms. The van der Waals surface area contributed by atoms with Gasteiger partial charge in [-0.1, -0.05) is 13.8 Å². The Kier molecular flexibility index (Phi) is 5.01. The van der Waals surface area contributed by atoms with Crippen molar-refractivity contribution in [2.75, 3.05) is 30.8 Å². The van der Waals surface area contributed by atoms with E-state index in [1.165, 1.54) is 7.11 Å². The SMILES string of the molecule is CCN(CC(C)C)c1ccc(C(=O)OC)cc1N. The van der Waals surface area contributed by atoms with E-state index in [9.17, 15) is 4.79 Å². The van der Waals surface area contributed by atoms with E-state index in [-0.39, 0.29) is 5.97 Å². The third kappa shape index (κ3) is 3.39. The first-order valence-corrected chi connectivity index (χ1v) is 6.22. The lowest BCUT2D eigenvalue weighted by Gasteiger charge is -2.26. The number of esters is 1. The summed E-state index contributed by atoms with van der Waals surface area (Å²) in [5.41, 5.74) is 8.08. The molecule has 0 aliphatic rings. The normalized spacial score (nSPS) is 10.5. The van der Waals surface area contributed by atoms with Gasteiger partial charge in [0, 0.05) is 13.1 Å². The van der Waals surface area contributed by atoms with Crippen molar-refractivity contribution in [1.29, 1.82) is 0 Å². The van der Waals surface area contributed by atoms with E-state index in [0.717, 1.165) is 18.8 Å². The molecule has 1 rings (SSSR count). The summed E-state index contributed by atoms with van der Waals surface area (Å²) in [6.45, 7) is 8.26. The van der Waals surface area contributed by atoms with Crippen molar-refractivity contribution in [1.82, 2.24) is 0 Å². The van der Waals surface area contributed by atoms with Crippen molar-refractivity contribution in [2.24, 2.45) is 5.92 Å². The Labute approximate surface area is 109 Å². The summed E-state index contributed by atoms with van der Waals surface area (Å²) in [6, 6.07) is 5.30. The molecule has 0 unspecified atom stereocenters. The number of benzene rings is 1. The average Bonchev–Trinajstić information content (AvgIpc) is 2.35. The zero-order chi connectivity index (χ0) is 13.7. The van der Waals surface area contributed by atoms with E-state index in [1.54, 1.807) is 12.1 Å². The Balaban J connectivity index is 2.99. The maximum Gasteiger partial charge on any atom is 0.337 e. The number of rotatable bonds is 5. The number of nitrogen functional groups attached to an aromatic ring is 1. The van der Waals surface area contributed by atoms with Gasteiger partial charge in [0.25, 0.3) is 0 Å². The Morgan fingerprint density at radius 2 is 2.11 bits per heavy atom. The third-order valence-corrected chi connectivity index (χ3v) is 2.76. The molecule has 2 N–H and O–H groups in total. The van der Waals surface area contributed by atoms with Crippen LogP contribution in [0.5, 0.6) is 0 Å². The molecule has 0 saturated heterocycles. The number of nitrogens with two attached hydrogens (primary N) is 1. The second-order valence-corrected chi connectivity index (χ2v) is 4.70. The first kappa shape index (κ1) is 14.4. The van der Waals surface area contributed by atoms with Gasteiger partial charge < -0.3 is 15.4 Å². The molecule has 0 atom stereocenters. The zero-order valence-corrected chi connectivity index (χ0v) is 11.6. The number of hydrogen-bond acceptors (Lipinski definition) is 4. The fourth-order valence-electron chi connectivity index (χ4n) is 1.93.